The van der Waals surface area contributed by atoms with E-state index in [1.165, 1.54) is 12.1 Å². The van der Waals surface area contributed by atoms with Gasteiger partial charge in [0, 0.05) is 26.1 Å². The van der Waals surface area contributed by atoms with Crippen molar-refractivity contribution in [3.05, 3.63) is 47.3 Å². The first-order valence-corrected chi connectivity index (χ1v) is 9.12. The van der Waals surface area contributed by atoms with Crippen molar-refractivity contribution in [2.24, 2.45) is 7.05 Å². The summed E-state index contributed by atoms with van der Waals surface area (Å²) in [6.07, 6.45) is 1.60. The molecule has 1 aromatic heterocycles. The van der Waals surface area contributed by atoms with Gasteiger partial charge in [-0.05, 0) is 44.6 Å². The summed E-state index contributed by atoms with van der Waals surface area (Å²) in [7, 11) is 5.57. The van der Waals surface area contributed by atoms with Crippen LogP contribution in [0.5, 0.6) is 0 Å². The smallest absolute Gasteiger partial charge is 0.244 e. The van der Waals surface area contributed by atoms with E-state index in [1.807, 2.05) is 35.5 Å². The van der Waals surface area contributed by atoms with Gasteiger partial charge in [-0.3, -0.25) is 9.69 Å². The number of likely N-dealkylation sites (N-methyl/N-ethyl adjacent to an activating group) is 1. The fourth-order valence-electron chi connectivity index (χ4n) is 3.71. The summed E-state index contributed by atoms with van der Waals surface area (Å²) < 4.78 is 15.1. The lowest BCUT2D eigenvalue weighted by Crippen LogP contribution is -2.44. The second-order valence-corrected chi connectivity index (χ2v) is 7.21. The third-order valence-electron chi connectivity index (χ3n) is 5.25. The van der Waals surface area contributed by atoms with Gasteiger partial charge in [0.15, 0.2) is 5.82 Å². The first-order chi connectivity index (χ1) is 12.9. The van der Waals surface area contributed by atoms with E-state index in [0.29, 0.717) is 18.9 Å². The first-order valence-electron chi connectivity index (χ1n) is 9.12. The summed E-state index contributed by atoms with van der Waals surface area (Å²) in [6.45, 7) is 1.13. The molecule has 1 aromatic carbocycles. The second-order valence-electron chi connectivity index (χ2n) is 7.21. The Labute approximate surface area is 158 Å². The van der Waals surface area contributed by atoms with Gasteiger partial charge in [-0.2, -0.15) is 0 Å². The second kappa shape index (κ2) is 8.14. The van der Waals surface area contributed by atoms with E-state index >= 15 is 0 Å². The Morgan fingerprint density at radius 1 is 1.26 bits per heavy atom. The van der Waals surface area contributed by atoms with Crippen LogP contribution in [-0.2, 0) is 18.4 Å². The van der Waals surface area contributed by atoms with Crippen molar-refractivity contribution < 1.29 is 14.3 Å². The number of hydrogen-bond donors (Lipinski definition) is 1. The quantitative estimate of drug-likeness (QED) is 0.856. The van der Waals surface area contributed by atoms with Crippen LogP contribution in [0.15, 0.2) is 24.3 Å². The number of carbonyl (C=O) groups excluding carboxylic acids is 1. The summed E-state index contributed by atoms with van der Waals surface area (Å²) in [5.41, 5.74) is 0.786. The number of benzene rings is 1. The maximum Gasteiger partial charge on any atom is 0.244 e. The maximum atomic E-state index is 13.2. The van der Waals surface area contributed by atoms with E-state index in [2.05, 4.69) is 10.2 Å². The summed E-state index contributed by atoms with van der Waals surface area (Å²) in [5, 5.41) is 17.5. The topological polar surface area (TPSA) is 74.5 Å². The zero-order valence-corrected chi connectivity index (χ0v) is 16.0. The SMILES string of the molecule is CN(C)[C@H](C(=O)N1CCC(c2nnc(CO)n2C)CC1)c1ccc(F)cc1. The predicted octanol–water partition coefficient (Wildman–Crippen LogP) is 1.46. The average molecular weight is 375 g/mol. The van der Waals surface area contributed by atoms with E-state index in [4.69, 9.17) is 0 Å². The minimum atomic E-state index is -0.432. The van der Waals surface area contributed by atoms with Gasteiger partial charge in [-0.1, -0.05) is 12.1 Å². The standard InChI is InChI=1S/C19H26FN5O2/c1-23(2)17(13-4-6-15(20)7-5-13)19(27)25-10-8-14(9-11-25)18-22-21-16(12-26)24(18)3/h4-7,14,17,26H,8-12H2,1-3H3/t17-/m0/s1. The molecule has 1 fully saturated rings. The highest BCUT2D eigenvalue weighted by Crippen LogP contribution is 2.29. The third-order valence-corrected chi connectivity index (χ3v) is 5.25. The Kier molecular flexibility index (Phi) is 5.86. The zero-order chi connectivity index (χ0) is 19.6. The van der Waals surface area contributed by atoms with Gasteiger partial charge in [-0.15, -0.1) is 10.2 Å². The van der Waals surface area contributed by atoms with Crippen molar-refractivity contribution >= 4 is 5.91 Å². The van der Waals surface area contributed by atoms with Gasteiger partial charge < -0.3 is 14.6 Å². The van der Waals surface area contributed by atoms with Crippen molar-refractivity contribution in [1.29, 1.82) is 0 Å². The number of aliphatic hydroxyl groups is 1. The summed E-state index contributed by atoms with van der Waals surface area (Å²) >= 11 is 0. The molecule has 0 aliphatic carbocycles. The van der Waals surface area contributed by atoms with Crippen LogP contribution in [0.4, 0.5) is 4.39 Å². The molecule has 1 atom stereocenters. The van der Waals surface area contributed by atoms with Crippen molar-refractivity contribution in [3.63, 3.8) is 0 Å². The molecule has 2 aromatic rings. The molecule has 0 radical (unpaired) electrons. The predicted molar refractivity (Wildman–Crippen MR) is 98.3 cm³/mol. The Balaban J connectivity index is 1.69. The first kappa shape index (κ1) is 19.4. The van der Waals surface area contributed by atoms with Crippen LogP contribution in [0.1, 0.15) is 42.0 Å². The van der Waals surface area contributed by atoms with Crippen LogP contribution in [0.2, 0.25) is 0 Å². The average Bonchev–Trinajstić information content (AvgIpc) is 3.04. The highest BCUT2D eigenvalue weighted by Gasteiger charge is 2.32. The van der Waals surface area contributed by atoms with E-state index in [1.54, 1.807) is 12.1 Å². The molecule has 1 saturated heterocycles. The van der Waals surface area contributed by atoms with Gasteiger partial charge in [-0.25, -0.2) is 4.39 Å². The minimum Gasteiger partial charge on any atom is -0.388 e. The van der Waals surface area contributed by atoms with Crippen molar-refractivity contribution in [3.8, 4) is 0 Å². The number of rotatable bonds is 5. The Morgan fingerprint density at radius 3 is 2.41 bits per heavy atom. The molecule has 8 heteroatoms. The molecule has 1 aliphatic heterocycles. The molecular weight excluding hydrogens is 349 g/mol. The monoisotopic (exact) mass is 375 g/mol. The van der Waals surface area contributed by atoms with Crippen molar-refractivity contribution in [1.82, 2.24) is 24.6 Å². The van der Waals surface area contributed by atoms with Gasteiger partial charge in [0.1, 0.15) is 24.3 Å². The normalized spacial score (nSPS) is 16.7. The highest BCUT2D eigenvalue weighted by molar-refractivity contribution is 5.83. The molecule has 7 nitrogen and oxygen atoms in total. The van der Waals surface area contributed by atoms with Gasteiger partial charge >= 0.3 is 0 Å². The Hall–Kier alpha value is -2.32. The van der Waals surface area contributed by atoms with Crippen LogP contribution < -0.4 is 0 Å². The fraction of sp³-hybridized carbons (Fsp3) is 0.526. The molecule has 1 aliphatic rings. The fourth-order valence-corrected chi connectivity index (χ4v) is 3.71. The molecule has 0 bridgehead atoms. The number of amides is 1. The van der Waals surface area contributed by atoms with Crippen LogP contribution in [-0.4, -0.2) is 62.8 Å². The molecule has 3 rings (SSSR count). The molecule has 0 saturated carbocycles. The molecule has 2 heterocycles. The molecule has 1 amide bonds. The largest absolute Gasteiger partial charge is 0.388 e. The van der Waals surface area contributed by atoms with E-state index < -0.39 is 6.04 Å². The minimum absolute atomic E-state index is 0.0269. The number of hydrogen-bond acceptors (Lipinski definition) is 5. The summed E-state index contributed by atoms with van der Waals surface area (Å²) in [5.74, 6) is 1.34. The van der Waals surface area contributed by atoms with Crippen LogP contribution >= 0.6 is 0 Å². The number of aliphatic hydroxyl groups excluding tert-OH is 1. The van der Waals surface area contributed by atoms with Crippen molar-refractivity contribution in [2.45, 2.75) is 31.4 Å². The van der Waals surface area contributed by atoms with Crippen molar-refractivity contribution in [2.75, 3.05) is 27.2 Å². The van der Waals surface area contributed by atoms with Crippen LogP contribution in [0, 0.1) is 5.82 Å². The van der Waals surface area contributed by atoms with E-state index in [9.17, 15) is 14.3 Å². The zero-order valence-electron chi connectivity index (χ0n) is 16.0. The van der Waals surface area contributed by atoms with Crippen LogP contribution in [0.25, 0.3) is 0 Å². The number of carbonyl (C=O) groups is 1. The van der Waals surface area contributed by atoms with Gasteiger partial charge in [0.2, 0.25) is 5.91 Å². The number of likely N-dealkylation sites (tertiary alicyclic amines) is 1. The molecular formula is C19H26FN5O2. The lowest BCUT2D eigenvalue weighted by atomic mass is 9.94. The van der Waals surface area contributed by atoms with Gasteiger partial charge in [0.05, 0.1) is 0 Å². The molecule has 0 unspecified atom stereocenters. The highest BCUT2D eigenvalue weighted by atomic mass is 19.1. The lowest BCUT2D eigenvalue weighted by molar-refractivity contribution is -0.137. The van der Waals surface area contributed by atoms with Gasteiger partial charge in [0.25, 0.3) is 0 Å². The summed E-state index contributed by atoms with van der Waals surface area (Å²) in [4.78, 5) is 16.8. The van der Waals surface area contributed by atoms with E-state index in [0.717, 1.165) is 24.2 Å². The third kappa shape index (κ3) is 4.01. The number of halogens is 1. The molecule has 27 heavy (non-hydrogen) atoms. The van der Waals surface area contributed by atoms with Crippen LogP contribution in [0.3, 0.4) is 0 Å². The molecule has 0 spiro atoms. The number of piperidine rings is 1. The Bertz CT molecular complexity index is 782. The molecule has 146 valence electrons. The summed E-state index contributed by atoms with van der Waals surface area (Å²) in [6, 6.07) is 5.68. The number of aromatic nitrogens is 3. The maximum absolute atomic E-state index is 13.2. The van der Waals surface area contributed by atoms with E-state index in [-0.39, 0.29) is 24.2 Å². The lowest BCUT2D eigenvalue weighted by Gasteiger charge is -2.35. The molecule has 1 N–H and O–H groups in total. The number of nitrogens with zero attached hydrogens (tertiary/aromatic N) is 5. The Morgan fingerprint density at radius 2 is 1.89 bits per heavy atom.